The summed E-state index contributed by atoms with van der Waals surface area (Å²) in [6, 6.07) is 4.50. The number of carbonyl (C=O) groups excluding carboxylic acids is 1. The van der Waals surface area contributed by atoms with Gasteiger partial charge in [-0.1, -0.05) is 0 Å². The number of fused-ring (bicyclic) bond motifs is 3. The summed E-state index contributed by atoms with van der Waals surface area (Å²) in [5.41, 5.74) is 1.22. The molecule has 0 spiro atoms. The van der Waals surface area contributed by atoms with Gasteiger partial charge in [-0.3, -0.25) is 9.78 Å². The zero-order valence-corrected chi connectivity index (χ0v) is 8.60. The average molecular weight is 202 g/mol. The van der Waals surface area contributed by atoms with Gasteiger partial charge in [0.2, 0.25) is 0 Å². The highest BCUT2D eigenvalue weighted by molar-refractivity contribution is 5.85. The molecule has 0 amide bonds. The van der Waals surface area contributed by atoms with Crippen LogP contribution >= 0.6 is 0 Å². The van der Waals surface area contributed by atoms with Crippen LogP contribution in [0.1, 0.15) is 19.3 Å². The van der Waals surface area contributed by atoms with E-state index in [1.54, 1.807) is 0 Å². The van der Waals surface area contributed by atoms with E-state index in [9.17, 15) is 4.79 Å². The minimum Gasteiger partial charge on any atom is -0.367 e. The topological polar surface area (TPSA) is 33.2 Å². The quantitative estimate of drug-likeness (QED) is 0.694. The summed E-state index contributed by atoms with van der Waals surface area (Å²) in [6.07, 6.45) is 6.63. The van der Waals surface area contributed by atoms with Crippen molar-refractivity contribution in [2.24, 2.45) is 5.92 Å². The molecule has 0 radical (unpaired) electrons. The Bertz CT molecular complexity index is 376. The van der Waals surface area contributed by atoms with Crippen LogP contribution < -0.4 is 4.90 Å². The first-order valence-corrected chi connectivity index (χ1v) is 5.54. The van der Waals surface area contributed by atoms with E-state index in [4.69, 9.17) is 0 Å². The molecule has 3 aliphatic rings. The smallest absolute Gasteiger partial charge is 0.139 e. The number of nitrogens with zero attached hydrogens (tertiary/aromatic N) is 2. The molecule has 2 bridgehead atoms. The summed E-state index contributed by atoms with van der Waals surface area (Å²) >= 11 is 0. The minimum absolute atomic E-state index is 0.281. The third-order valence-electron chi connectivity index (χ3n) is 3.59. The summed E-state index contributed by atoms with van der Waals surface area (Å²) in [6.45, 7) is 0.910. The number of carbonyl (C=O) groups is 1. The summed E-state index contributed by atoms with van der Waals surface area (Å²) in [4.78, 5) is 18.0. The third-order valence-corrected chi connectivity index (χ3v) is 3.59. The Morgan fingerprint density at radius 3 is 2.67 bits per heavy atom. The molecule has 2 aliphatic heterocycles. The SMILES string of the molecule is O=C1CC2CCC1CN2c1ccncc1. The van der Waals surface area contributed by atoms with Gasteiger partial charge in [0.1, 0.15) is 5.78 Å². The predicted molar refractivity (Wildman–Crippen MR) is 57.7 cm³/mol. The van der Waals surface area contributed by atoms with E-state index in [0.29, 0.717) is 11.8 Å². The molecule has 78 valence electrons. The molecular weight excluding hydrogens is 188 g/mol. The summed E-state index contributed by atoms with van der Waals surface area (Å²) < 4.78 is 0. The van der Waals surface area contributed by atoms with Gasteiger partial charge >= 0.3 is 0 Å². The highest BCUT2D eigenvalue weighted by Gasteiger charge is 2.39. The Kier molecular flexibility index (Phi) is 1.97. The van der Waals surface area contributed by atoms with Gasteiger partial charge in [-0.05, 0) is 25.0 Å². The first-order valence-electron chi connectivity index (χ1n) is 5.54. The van der Waals surface area contributed by atoms with Gasteiger partial charge in [-0.15, -0.1) is 0 Å². The molecule has 3 nitrogen and oxygen atoms in total. The lowest BCUT2D eigenvalue weighted by molar-refractivity contribution is -0.126. The fourth-order valence-corrected chi connectivity index (χ4v) is 2.75. The molecule has 3 fully saturated rings. The van der Waals surface area contributed by atoms with Crippen molar-refractivity contribution in [3.05, 3.63) is 24.5 Å². The van der Waals surface area contributed by atoms with Gasteiger partial charge in [-0.2, -0.15) is 0 Å². The Hall–Kier alpha value is -1.38. The number of anilines is 1. The minimum atomic E-state index is 0.281. The van der Waals surface area contributed by atoms with Gasteiger partial charge in [-0.25, -0.2) is 0 Å². The van der Waals surface area contributed by atoms with E-state index in [1.165, 1.54) is 12.1 Å². The van der Waals surface area contributed by atoms with Crippen LogP contribution in [0.15, 0.2) is 24.5 Å². The molecule has 0 N–H and O–H groups in total. The summed E-state index contributed by atoms with van der Waals surface area (Å²) in [5, 5.41) is 0. The zero-order valence-electron chi connectivity index (χ0n) is 8.60. The van der Waals surface area contributed by atoms with Gasteiger partial charge in [0.25, 0.3) is 0 Å². The van der Waals surface area contributed by atoms with Crippen molar-refractivity contribution in [2.75, 3.05) is 11.4 Å². The maximum atomic E-state index is 11.6. The highest BCUT2D eigenvalue weighted by Crippen LogP contribution is 2.35. The maximum Gasteiger partial charge on any atom is 0.139 e. The average Bonchev–Trinajstić information content (AvgIpc) is 2.31. The molecule has 2 atom stereocenters. The maximum absolute atomic E-state index is 11.6. The van der Waals surface area contributed by atoms with E-state index in [0.717, 1.165) is 19.4 Å². The number of ketones is 1. The number of piperidine rings is 2. The van der Waals surface area contributed by atoms with Crippen molar-refractivity contribution in [3.8, 4) is 0 Å². The monoisotopic (exact) mass is 202 g/mol. The number of rotatable bonds is 1. The second-order valence-corrected chi connectivity index (χ2v) is 4.46. The highest BCUT2D eigenvalue weighted by atomic mass is 16.1. The van der Waals surface area contributed by atoms with Crippen molar-refractivity contribution in [3.63, 3.8) is 0 Å². The standard InChI is InChI=1S/C12H14N2O/c15-12-7-11-2-1-9(12)8-14(11)10-3-5-13-6-4-10/h3-6,9,11H,1-2,7-8H2. The first-order chi connectivity index (χ1) is 7.34. The number of hydrogen-bond acceptors (Lipinski definition) is 3. The van der Waals surface area contributed by atoms with Crippen molar-refractivity contribution in [1.82, 2.24) is 4.98 Å². The summed E-state index contributed by atoms with van der Waals surface area (Å²) in [5.74, 6) is 0.750. The second-order valence-electron chi connectivity index (χ2n) is 4.46. The Labute approximate surface area is 89.1 Å². The number of aromatic nitrogens is 1. The van der Waals surface area contributed by atoms with Crippen molar-refractivity contribution in [1.29, 1.82) is 0 Å². The molecule has 3 heteroatoms. The lowest BCUT2D eigenvalue weighted by Gasteiger charge is -2.45. The second kappa shape index (κ2) is 3.33. The first kappa shape index (κ1) is 8.89. The number of Topliss-reactive ketones (excluding diaryl/α,β-unsaturated/α-hetero) is 1. The van der Waals surface area contributed by atoms with Crippen LogP contribution in [0.5, 0.6) is 0 Å². The van der Waals surface area contributed by atoms with Crippen LogP contribution in [-0.4, -0.2) is 23.4 Å². The number of hydrogen-bond donors (Lipinski definition) is 0. The molecule has 1 saturated carbocycles. The van der Waals surface area contributed by atoms with Gasteiger partial charge in [0.15, 0.2) is 0 Å². The molecular formula is C12H14N2O. The van der Waals surface area contributed by atoms with E-state index < -0.39 is 0 Å². The van der Waals surface area contributed by atoms with Gasteiger partial charge < -0.3 is 4.90 Å². The molecule has 1 aromatic rings. The third kappa shape index (κ3) is 1.42. The molecule has 1 aliphatic carbocycles. The summed E-state index contributed by atoms with van der Waals surface area (Å²) in [7, 11) is 0. The van der Waals surface area contributed by atoms with Crippen LogP contribution in [0.4, 0.5) is 5.69 Å². The van der Waals surface area contributed by atoms with E-state index in [1.807, 2.05) is 24.5 Å². The van der Waals surface area contributed by atoms with Crippen LogP contribution in [0.3, 0.4) is 0 Å². The molecule has 2 unspecified atom stereocenters. The predicted octanol–water partition coefficient (Wildman–Crippen LogP) is 1.64. The lowest BCUT2D eigenvalue weighted by atomic mass is 9.78. The molecule has 4 rings (SSSR count). The molecule has 1 aromatic heterocycles. The Balaban J connectivity index is 1.88. The lowest BCUT2D eigenvalue weighted by Crippen LogP contribution is -2.52. The zero-order chi connectivity index (χ0) is 10.3. The van der Waals surface area contributed by atoms with Gasteiger partial charge in [0, 0.05) is 43.0 Å². The Morgan fingerprint density at radius 1 is 1.27 bits per heavy atom. The fourth-order valence-electron chi connectivity index (χ4n) is 2.75. The Morgan fingerprint density at radius 2 is 2.07 bits per heavy atom. The van der Waals surface area contributed by atoms with Gasteiger partial charge in [0.05, 0.1) is 0 Å². The van der Waals surface area contributed by atoms with E-state index in [-0.39, 0.29) is 5.92 Å². The van der Waals surface area contributed by atoms with Crippen molar-refractivity contribution >= 4 is 11.5 Å². The largest absolute Gasteiger partial charge is 0.367 e. The number of pyridine rings is 1. The van der Waals surface area contributed by atoms with Crippen LogP contribution in [0.2, 0.25) is 0 Å². The van der Waals surface area contributed by atoms with Crippen LogP contribution in [0.25, 0.3) is 0 Å². The molecule has 0 aromatic carbocycles. The molecule has 2 saturated heterocycles. The van der Waals surface area contributed by atoms with Crippen LogP contribution in [0, 0.1) is 5.92 Å². The molecule has 15 heavy (non-hydrogen) atoms. The van der Waals surface area contributed by atoms with E-state index in [2.05, 4.69) is 9.88 Å². The normalized spacial score (nSPS) is 29.6. The fraction of sp³-hybridized carbons (Fsp3) is 0.500. The molecule has 3 heterocycles. The van der Waals surface area contributed by atoms with Crippen molar-refractivity contribution < 1.29 is 4.79 Å². The van der Waals surface area contributed by atoms with E-state index >= 15 is 0 Å². The van der Waals surface area contributed by atoms with Crippen molar-refractivity contribution in [2.45, 2.75) is 25.3 Å². The van der Waals surface area contributed by atoms with Crippen LogP contribution in [-0.2, 0) is 4.79 Å².